The molecule has 230 valence electrons. The molecule has 0 radical (unpaired) electrons. The van der Waals surface area contributed by atoms with Gasteiger partial charge in [-0.25, -0.2) is 0 Å². The summed E-state index contributed by atoms with van der Waals surface area (Å²) < 4.78 is 10.8. The first-order valence-electron chi connectivity index (χ1n) is 14.3. The lowest BCUT2D eigenvalue weighted by Crippen LogP contribution is -2.10. The van der Waals surface area contributed by atoms with Crippen molar-refractivity contribution in [3.05, 3.63) is 154 Å². The lowest BCUT2D eigenvalue weighted by atomic mass is 10.0. The van der Waals surface area contributed by atoms with Crippen LogP contribution in [0.15, 0.2) is 133 Å². The minimum Gasteiger partial charge on any atom is -0.497 e. The molecule has 0 saturated carbocycles. The van der Waals surface area contributed by atoms with Crippen LogP contribution in [0.25, 0.3) is 11.1 Å². The molecule has 0 saturated heterocycles. The zero-order valence-corrected chi connectivity index (χ0v) is 27.9. The number of hydrogen-bond acceptors (Lipinski definition) is 4. The SMILES string of the molecule is COc1ccc(N(c2ccc(OC)cc2)c2ccc(-c3ccc(N(c4cc(Cl)cc(Cl)c4)c4cc(Cl)cc(Cl)c4)cc3)cc2)cc1. The van der Waals surface area contributed by atoms with Gasteiger partial charge in [0.15, 0.2) is 0 Å². The van der Waals surface area contributed by atoms with Crippen LogP contribution in [0, 0.1) is 0 Å². The molecular weight excluding hydrogens is 658 g/mol. The number of hydrogen-bond donors (Lipinski definition) is 0. The van der Waals surface area contributed by atoms with E-state index < -0.39 is 0 Å². The van der Waals surface area contributed by atoms with Crippen molar-refractivity contribution in [2.75, 3.05) is 24.0 Å². The van der Waals surface area contributed by atoms with E-state index in [1.807, 2.05) is 89.8 Å². The van der Waals surface area contributed by atoms with Gasteiger partial charge >= 0.3 is 0 Å². The summed E-state index contributed by atoms with van der Waals surface area (Å²) in [5.74, 6) is 1.60. The van der Waals surface area contributed by atoms with Crippen LogP contribution in [-0.4, -0.2) is 14.2 Å². The zero-order valence-electron chi connectivity index (χ0n) is 24.9. The fourth-order valence-electron chi connectivity index (χ4n) is 5.30. The molecule has 0 aliphatic carbocycles. The van der Waals surface area contributed by atoms with E-state index in [1.165, 1.54) is 0 Å². The highest BCUT2D eigenvalue weighted by Crippen LogP contribution is 2.41. The van der Waals surface area contributed by atoms with Gasteiger partial charge in [0.2, 0.25) is 0 Å². The van der Waals surface area contributed by atoms with Crippen molar-refractivity contribution in [3.63, 3.8) is 0 Å². The lowest BCUT2D eigenvalue weighted by Gasteiger charge is -2.27. The number of benzene rings is 6. The monoisotopic (exact) mass is 684 g/mol. The molecule has 0 N–H and O–H groups in total. The van der Waals surface area contributed by atoms with Crippen molar-refractivity contribution < 1.29 is 9.47 Å². The van der Waals surface area contributed by atoms with Crippen LogP contribution in [0.1, 0.15) is 0 Å². The van der Waals surface area contributed by atoms with Crippen LogP contribution < -0.4 is 19.3 Å². The Morgan fingerprint density at radius 3 is 0.891 bits per heavy atom. The summed E-state index contributed by atoms with van der Waals surface area (Å²) in [6, 6.07) is 43.6. The van der Waals surface area contributed by atoms with Crippen LogP contribution >= 0.6 is 46.4 Å². The maximum Gasteiger partial charge on any atom is 0.119 e. The Morgan fingerprint density at radius 1 is 0.348 bits per heavy atom. The normalized spacial score (nSPS) is 10.8. The van der Waals surface area contributed by atoms with E-state index in [0.717, 1.165) is 56.8 Å². The summed E-state index contributed by atoms with van der Waals surface area (Å²) in [6.45, 7) is 0. The Balaban J connectivity index is 1.34. The van der Waals surface area contributed by atoms with E-state index >= 15 is 0 Å². The number of rotatable bonds is 9. The largest absolute Gasteiger partial charge is 0.497 e. The molecule has 0 fully saturated rings. The average molecular weight is 686 g/mol. The molecule has 6 aromatic rings. The summed E-state index contributed by atoms with van der Waals surface area (Å²) in [7, 11) is 3.33. The first-order valence-corrected chi connectivity index (χ1v) is 15.8. The Bertz CT molecular complexity index is 1810. The molecule has 0 unspecified atom stereocenters. The van der Waals surface area contributed by atoms with Crippen molar-refractivity contribution in [1.82, 2.24) is 0 Å². The molecule has 4 nitrogen and oxygen atoms in total. The summed E-state index contributed by atoms with van der Waals surface area (Å²) in [6.07, 6.45) is 0. The van der Waals surface area contributed by atoms with Crippen molar-refractivity contribution in [2.45, 2.75) is 0 Å². The molecule has 0 atom stereocenters. The quantitative estimate of drug-likeness (QED) is 0.151. The van der Waals surface area contributed by atoms with Crippen LogP contribution in [-0.2, 0) is 0 Å². The molecule has 0 amide bonds. The van der Waals surface area contributed by atoms with E-state index in [4.69, 9.17) is 55.9 Å². The fraction of sp³-hybridized carbons (Fsp3) is 0.0526. The summed E-state index contributed by atoms with van der Waals surface area (Å²) in [5, 5.41) is 2.10. The Morgan fingerprint density at radius 2 is 0.609 bits per heavy atom. The van der Waals surface area contributed by atoms with Crippen molar-refractivity contribution in [1.29, 1.82) is 0 Å². The van der Waals surface area contributed by atoms with Gasteiger partial charge in [0.25, 0.3) is 0 Å². The van der Waals surface area contributed by atoms with Gasteiger partial charge in [0.05, 0.1) is 14.2 Å². The van der Waals surface area contributed by atoms with Crippen LogP contribution in [0.3, 0.4) is 0 Å². The molecule has 0 aliphatic rings. The van der Waals surface area contributed by atoms with Gasteiger partial charge in [-0.1, -0.05) is 70.7 Å². The topological polar surface area (TPSA) is 24.9 Å². The number of nitrogens with zero attached hydrogens (tertiary/aromatic N) is 2. The average Bonchev–Trinajstić information content (AvgIpc) is 3.05. The Kier molecular flexibility index (Phi) is 9.62. The molecular formula is C38H28Cl4N2O2. The zero-order chi connectivity index (χ0) is 32.2. The highest BCUT2D eigenvalue weighted by atomic mass is 35.5. The molecule has 0 aliphatic heterocycles. The second-order valence-corrected chi connectivity index (χ2v) is 12.2. The molecule has 0 spiro atoms. The van der Waals surface area contributed by atoms with Gasteiger partial charge < -0.3 is 19.3 Å². The maximum absolute atomic E-state index is 6.40. The smallest absolute Gasteiger partial charge is 0.119 e. The fourth-order valence-corrected chi connectivity index (χ4v) is 6.33. The van der Waals surface area contributed by atoms with E-state index in [0.29, 0.717) is 20.1 Å². The first-order chi connectivity index (χ1) is 22.3. The number of methoxy groups -OCH3 is 2. The highest BCUT2D eigenvalue weighted by Gasteiger charge is 2.17. The standard InChI is InChI=1S/C38H28Cl4N2O2/c1-45-37-15-11-33(12-16-37)43(34-13-17-38(46-2)18-14-34)31-7-3-25(4-8-31)26-5-9-32(10-6-26)44(35-21-27(39)19-28(40)22-35)36-23-29(41)20-30(42)24-36/h3-24H,1-2H3. The predicted molar refractivity (Wildman–Crippen MR) is 194 cm³/mol. The van der Waals surface area contributed by atoms with E-state index in [-0.39, 0.29) is 0 Å². The van der Waals surface area contributed by atoms with Gasteiger partial charge in [0.1, 0.15) is 11.5 Å². The third-order valence-electron chi connectivity index (χ3n) is 7.46. The summed E-state index contributed by atoms with van der Waals surface area (Å²) in [4.78, 5) is 4.21. The van der Waals surface area contributed by atoms with Gasteiger partial charge in [-0.15, -0.1) is 0 Å². The van der Waals surface area contributed by atoms with Crippen LogP contribution in [0.4, 0.5) is 34.1 Å². The van der Waals surface area contributed by atoms with Crippen LogP contribution in [0.5, 0.6) is 11.5 Å². The van der Waals surface area contributed by atoms with Crippen LogP contribution in [0.2, 0.25) is 20.1 Å². The van der Waals surface area contributed by atoms with E-state index in [9.17, 15) is 0 Å². The lowest BCUT2D eigenvalue weighted by molar-refractivity contribution is 0.415. The minimum atomic E-state index is 0.524. The van der Waals surface area contributed by atoms with Crippen molar-refractivity contribution in [2.24, 2.45) is 0 Å². The third kappa shape index (κ3) is 7.06. The Hall–Kier alpha value is -4.32. The predicted octanol–water partition coefficient (Wildman–Crippen LogP) is 12.9. The number of ether oxygens (including phenoxy) is 2. The molecule has 0 aromatic heterocycles. The van der Waals surface area contributed by atoms with Gasteiger partial charge in [-0.2, -0.15) is 0 Å². The molecule has 6 aromatic carbocycles. The van der Waals surface area contributed by atoms with Gasteiger partial charge in [0, 0.05) is 54.2 Å². The molecule has 46 heavy (non-hydrogen) atoms. The van der Waals surface area contributed by atoms with Gasteiger partial charge in [-0.3, -0.25) is 0 Å². The van der Waals surface area contributed by atoms with Crippen molar-refractivity contribution in [3.8, 4) is 22.6 Å². The number of anilines is 6. The van der Waals surface area contributed by atoms with Gasteiger partial charge in [-0.05, 0) is 120 Å². The molecule has 0 bridgehead atoms. The summed E-state index contributed by atoms with van der Waals surface area (Å²) in [5.41, 5.74) is 7.61. The Labute approximate surface area is 288 Å². The second-order valence-electron chi connectivity index (χ2n) is 10.4. The minimum absolute atomic E-state index is 0.524. The maximum atomic E-state index is 6.40. The second kappa shape index (κ2) is 14.0. The number of halogens is 4. The first kappa shape index (κ1) is 31.7. The molecule has 6 rings (SSSR count). The van der Waals surface area contributed by atoms with E-state index in [1.54, 1.807) is 26.4 Å². The third-order valence-corrected chi connectivity index (χ3v) is 8.33. The van der Waals surface area contributed by atoms with E-state index in [2.05, 4.69) is 41.3 Å². The molecule has 8 heteroatoms. The summed E-state index contributed by atoms with van der Waals surface area (Å²) >= 11 is 25.6. The molecule has 0 heterocycles. The highest BCUT2D eigenvalue weighted by molar-refractivity contribution is 6.36. The van der Waals surface area contributed by atoms with Crippen molar-refractivity contribution >= 4 is 80.5 Å².